The molecule has 3 rings (SSSR count). The van der Waals surface area contributed by atoms with Crippen LogP contribution in [0.15, 0.2) is 72.9 Å². The van der Waals surface area contributed by atoms with E-state index < -0.39 is 0 Å². The molecule has 0 saturated heterocycles. The number of nitrogens with zero attached hydrogens (tertiary/aromatic N) is 2. The second-order valence-corrected chi connectivity index (χ2v) is 6.66. The fourth-order valence-corrected chi connectivity index (χ4v) is 2.99. The van der Waals surface area contributed by atoms with Gasteiger partial charge in [0, 0.05) is 38.8 Å². The SMILES string of the molecule is CC(=O)NCc1cccc(-c2cccnc2C(=O)N(C)Cc2ccccc2)c1. The molecular weight excluding hydrogens is 350 g/mol. The highest BCUT2D eigenvalue weighted by molar-refractivity contribution is 5.98. The zero-order chi connectivity index (χ0) is 19.9. The molecule has 2 aromatic carbocycles. The Balaban J connectivity index is 1.86. The summed E-state index contributed by atoms with van der Waals surface area (Å²) in [5, 5.41) is 2.79. The van der Waals surface area contributed by atoms with Crippen LogP contribution in [0.5, 0.6) is 0 Å². The third-order valence-corrected chi connectivity index (χ3v) is 4.40. The van der Waals surface area contributed by atoms with Crippen LogP contribution in [0.3, 0.4) is 0 Å². The van der Waals surface area contributed by atoms with Crippen LogP contribution in [0.25, 0.3) is 11.1 Å². The molecule has 1 N–H and O–H groups in total. The quantitative estimate of drug-likeness (QED) is 0.717. The number of rotatable bonds is 6. The molecule has 28 heavy (non-hydrogen) atoms. The molecule has 0 aliphatic carbocycles. The minimum atomic E-state index is -0.133. The van der Waals surface area contributed by atoms with E-state index in [0.29, 0.717) is 18.8 Å². The van der Waals surface area contributed by atoms with Crippen molar-refractivity contribution < 1.29 is 9.59 Å². The summed E-state index contributed by atoms with van der Waals surface area (Å²) in [6.07, 6.45) is 1.63. The lowest BCUT2D eigenvalue weighted by atomic mass is 10.0. The Hall–Kier alpha value is -3.47. The van der Waals surface area contributed by atoms with Gasteiger partial charge in [-0.3, -0.25) is 14.6 Å². The van der Waals surface area contributed by atoms with Crippen molar-refractivity contribution in [3.05, 3.63) is 89.7 Å². The fraction of sp³-hybridized carbons (Fsp3) is 0.174. The molecule has 2 amide bonds. The molecule has 0 aliphatic rings. The zero-order valence-electron chi connectivity index (χ0n) is 16.1. The number of pyridine rings is 1. The number of carbonyl (C=O) groups is 2. The lowest BCUT2D eigenvalue weighted by Gasteiger charge is -2.18. The molecule has 0 atom stereocenters. The highest BCUT2D eigenvalue weighted by Crippen LogP contribution is 2.24. The van der Waals surface area contributed by atoms with Crippen LogP contribution in [0.4, 0.5) is 0 Å². The number of nitrogens with one attached hydrogen (secondary N) is 1. The smallest absolute Gasteiger partial charge is 0.273 e. The number of carbonyl (C=O) groups excluding carboxylic acids is 2. The van der Waals surface area contributed by atoms with E-state index >= 15 is 0 Å². The summed E-state index contributed by atoms with van der Waals surface area (Å²) >= 11 is 0. The van der Waals surface area contributed by atoms with Gasteiger partial charge in [-0.2, -0.15) is 0 Å². The summed E-state index contributed by atoms with van der Waals surface area (Å²) < 4.78 is 0. The van der Waals surface area contributed by atoms with E-state index in [2.05, 4.69) is 10.3 Å². The lowest BCUT2D eigenvalue weighted by molar-refractivity contribution is -0.119. The number of benzene rings is 2. The molecule has 0 radical (unpaired) electrons. The maximum atomic E-state index is 13.0. The van der Waals surface area contributed by atoms with Crippen molar-refractivity contribution >= 4 is 11.8 Å². The topological polar surface area (TPSA) is 62.3 Å². The van der Waals surface area contributed by atoms with Gasteiger partial charge in [-0.25, -0.2) is 0 Å². The molecule has 5 heteroatoms. The van der Waals surface area contributed by atoms with Gasteiger partial charge < -0.3 is 10.2 Å². The van der Waals surface area contributed by atoms with E-state index in [1.165, 1.54) is 6.92 Å². The van der Waals surface area contributed by atoms with Crippen molar-refractivity contribution in [3.8, 4) is 11.1 Å². The molecule has 1 aromatic heterocycles. The highest BCUT2D eigenvalue weighted by Gasteiger charge is 2.18. The molecular formula is C23H23N3O2. The molecule has 0 unspecified atom stereocenters. The normalized spacial score (nSPS) is 10.4. The third kappa shape index (κ3) is 4.82. The lowest BCUT2D eigenvalue weighted by Crippen LogP contribution is -2.27. The first-order valence-electron chi connectivity index (χ1n) is 9.13. The third-order valence-electron chi connectivity index (χ3n) is 4.40. The molecule has 1 heterocycles. The van der Waals surface area contributed by atoms with Gasteiger partial charge in [0.2, 0.25) is 5.91 Å². The van der Waals surface area contributed by atoms with E-state index in [0.717, 1.165) is 22.3 Å². The van der Waals surface area contributed by atoms with Gasteiger partial charge in [-0.05, 0) is 28.8 Å². The van der Waals surface area contributed by atoms with Crippen molar-refractivity contribution in [2.75, 3.05) is 7.05 Å². The minimum absolute atomic E-state index is 0.0785. The largest absolute Gasteiger partial charge is 0.352 e. The summed E-state index contributed by atoms with van der Waals surface area (Å²) in [5.41, 5.74) is 4.11. The maximum absolute atomic E-state index is 13.0. The van der Waals surface area contributed by atoms with Crippen LogP contribution in [0, 0.1) is 0 Å². The molecule has 142 valence electrons. The van der Waals surface area contributed by atoms with Crippen molar-refractivity contribution in [2.24, 2.45) is 0 Å². The van der Waals surface area contributed by atoms with Crippen LogP contribution >= 0.6 is 0 Å². The van der Waals surface area contributed by atoms with Gasteiger partial charge in [0.25, 0.3) is 5.91 Å². The Morgan fingerprint density at radius 1 is 0.964 bits per heavy atom. The number of amides is 2. The molecule has 5 nitrogen and oxygen atoms in total. The van der Waals surface area contributed by atoms with Gasteiger partial charge in [-0.1, -0.05) is 54.6 Å². The van der Waals surface area contributed by atoms with Crippen LogP contribution in [0.2, 0.25) is 0 Å². The monoisotopic (exact) mass is 373 g/mol. The highest BCUT2D eigenvalue weighted by atomic mass is 16.2. The summed E-state index contributed by atoms with van der Waals surface area (Å²) in [5.74, 6) is -0.211. The molecule has 0 saturated carbocycles. The van der Waals surface area contributed by atoms with E-state index in [1.807, 2.05) is 66.7 Å². The van der Waals surface area contributed by atoms with Gasteiger partial charge in [0.1, 0.15) is 5.69 Å². The molecule has 0 aliphatic heterocycles. The van der Waals surface area contributed by atoms with Crippen LogP contribution in [0.1, 0.15) is 28.5 Å². The van der Waals surface area contributed by atoms with E-state index in [-0.39, 0.29) is 11.8 Å². The molecule has 3 aromatic rings. The van der Waals surface area contributed by atoms with Crippen LogP contribution in [-0.2, 0) is 17.9 Å². The summed E-state index contributed by atoms with van der Waals surface area (Å²) in [4.78, 5) is 30.2. The first-order chi connectivity index (χ1) is 13.5. The van der Waals surface area contributed by atoms with Crippen LogP contribution < -0.4 is 5.32 Å². The van der Waals surface area contributed by atoms with E-state index in [9.17, 15) is 9.59 Å². The first-order valence-corrected chi connectivity index (χ1v) is 9.13. The Kier molecular flexibility index (Phi) is 6.17. The van der Waals surface area contributed by atoms with Gasteiger partial charge in [0.15, 0.2) is 0 Å². The minimum Gasteiger partial charge on any atom is -0.352 e. The van der Waals surface area contributed by atoms with E-state index in [1.54, 1.807) is 18.1 Å². The molecule has 0 fully saturated rings. The Morgan fingerprint density at radius 3 is 2.46 bits per heavy atom. The summed E-state index contributed by atoms with van der Waals surface area (Å²) in [7, 11) is 1.78. The van der Waals surface area contributed by atoms with Crippen molar-refractivity contribution in [1.82, 2.24) is 15.2 Å². The number of aromatic nitrogens is 1. The predicted molar refractivity (Wildman–Crippen MR) is 109 cm³/mol. The Bertz CT molecular complexity index is 970. The van der Waals surface area contributed by atoms with Gasteiger partial charge in [0.05, 0.1) is 0 Å². The second kappa shape index (κ2) is 8.95. The zero-order valence-corrected chi connectivity index (χ0v) is 16.1. The average molecular weight is 373 g/mol. The Morgan fingerprint density at radius 2 is 1.71 bits per heavy atom. The fourth-order valence-electron chi connectivity index (χ4n) is 2.99. The van der Waals surface area contributed by atoms with E-state index in [4.69, 9.17) is 0 Å². The predicted octanol–water partition coefficient (Wildman–Crippen LogP) is 3.66. The number of hydrogen-bond acceptors (Lipinski definition) is 3. The van der Waals surface area contributed by atoms with Crippen LogP contribution in [-0.4, -0.2) is 28.7 Å². The van der Waals surface area contributed by atoms with Gasteiger partial charge >= 0.3 is 0 Å². The van der Waals surface area contributed by atoms with Crippen molar-refractivity contribution in [1.29, 1.82) is 0 Å². The second-order valence-electron chi connectivity index (χ2n) is 6.66. The molecule has 0 bridgehead atoms. The van der Waals surface area contributed by atoms with Gasteiger partial charge in [-0.15, -0.1) is 0 Å². The van der Waals surface area contributed by atoms with Crippen molar-refractivity contribution in [3.63, 3.8) is 0 Å². The summed E-state index contributed by atoms with van der Waals surface area (Å²) in [6.45, 7) is 2.45. The standard InChI is InChI=1S/C23H23N3O2/c1-17(27)25-15-19-10-6-11-20(14-19)21-12-7-13-24-22(21)23(28)26(2)16-18-8-4-3-5-9-18/h3-14H,15-16H2,1-2H3,(H,25,27). The average Bonchev–Trinajstić information content (AvgIpc) is 2.72. The maximum Gasteiger partial charge on any atom is 0.273 e. The Labute approximate surface area is 165 Å². The summed E-state index contributed by atoms with van der Waals surface area (Å²) in [6, 6.07) is 21.4. The first kappa shape index (κ1) is 19.3. The van der Waals surface area contributed by atoms with Crippen molar-refractivity contribution in [2.45, 2.75) is 20.0 Å². The molecule has 0 spiro atoms. The number of hydrogen-bond donors (Lipinski definition) is 1.